The summed E-state index contributed by atoms with van der Waals surface area (Å²) in [5.41, 5.74) is 7.98. The second-order valence-corrected chi connectivity index (χ2v) is 6.72. The molecule has 3 rings (SSSR count). The molecule has 2 nitrogen and oxygen atoms in total. The molecule has 0 spiro atoms. The van der Waals surface area contributed by atoms with Gasteiger partial charge in [-0.2, -0.15) is 0 Å². The molecule has 2 aromatic carbocycles. The Balaban J connectivity index is 2.02. The Morgan fingerprint density at radius 2 is 1.81 bits per heavy atom. The van der Waals surface area contributed by atoms with Crippen molar-refractivity contribution in [3.63, 3.8) is 0 Å². The Labute approximate surface area is 136 Å². The molecular weight excluding hydrogens is 344 g/mol. The van der Waals surface area contributed by atoms with Gasteiger partial charge >= 0.3 is 0 Å². The fraction of sp³-hybridized carbons (Fsp3) is 0.118. The number of nitrogens with two attached hydrogens (primary N) is 1. The zero-order valence-corrected chi connectivity index (χ0v) is 13.8. The van der Waals surface area contributed by atoms with Gasteiger partial charge in [-0.1, -0.05) is 45.9 Å². The van der Waals surface area contributed by atoms with Crippen LogP contribution in [0.15, 0.2) is 69.0 Å². The first kappa shape index (κ1) is 14.6. The maximum absolute atomic E-state index is 5.74. The van der Waals surface area contributed by atoms with Crippen molar-refractivity contribution in [2.75, 3.05) is 6.54 Å². The predicted molar refractivity (Wildman–Crippen MR) is 92.8 cm³/mol. The molecule has 1 aromatic heterocycles. The number of aromatic nitrogens is 1. The zero-order valence-electron chi connectivity index (χ0n) is 11.4. The van der Waals surface area contributed by atoms with E-state index in [4.69, 9.17) is 10.7 Å². The molecule has 0 aliphatic carbocycles. The minimum absolute atomic E-state index is 0.633. The van der Waals surface area contributed by atoms with Crippen molar-refractivity contribution in [1.29, 1.82) is 0 Å². The number of nitrogens with zero attached hydrogens (tertiary/aromatic N) is 1. The van der Waals surface area contributed by atoms with E-state index in [1.807, 2.05) is 30.3 Å². The summed E-state index contributed by atoms with van der Waals surface area (Å²) in [5.74, 6) is 0. The molecule has 0 unspecified atom stereocenters. The van der Waals surface area contributed by atoms with Crippen molar-refractivity contribution in [3.8, 4) is 0 Å². The third-order valence-electron chi connectivity index (χ3n) is 3.21. The van der Waals surface area contributed by atoms with Gasteiger partial charge in [-0.25, -0.2) is 4.98 Å². The molecular formula is C17H15BrN2S. The van der Waals surface area contributed by atoms with Crippen LogP contribution in [0.3, 0.4) is 0 Å². The second kappa shape index (κ2) is 6.60. The molecule has 0 bridgehead atoms. The molecule has 4 heteroatoms. The molecule has 0 saturated carbocycles. The summed E-state index contributed by atoms with van der Waals surface area (Å²) >= 11 is 5.15. The molecule has 21 heavy (non-hydrogen) atoms. The van der Waals surface area contributed by atoms with Crippen LogP contribution in [-0.4, -0.2) is 11.5 Å². The van der Waals surface area contributed by atoms with Crippen molar-refractivity contribution in [3.05, 3.63) is 64.6 Å². The van der Waals surface area contributed by atoms with Crippen LogP contribution in [0.4, 0.5) is 0 Å². The molecule has 0 aliphatic rings. The van der Waals surface area contributed by atoms with E-state index in [-0.39, 0.29) is 0 Å². The van der Waals surface area contributed by atoms with Crippen molar-refractivity contribution in [2.24, 2.45) is 5.73 Å². The Morgan fingerprint density at radius 1 is 1.05 bits per heavy atom. The second-order valence-electron chi connectivity index (χ2n) is 4.74. The smallest absolute Gasteiger partial charge is 0.105 e. The Bertz CT molecular complexity index is 756. The summed E-state index contributed by atoms with van der Waals surface area (Å²) in [6.07, 6.45) is 0.844. The van der Waals surface area contributed by atoms with Crippen LogP contribution in [0.1, 0.15) is 5.56 Å². The summed E-state index contributed by atoms with van der Waals surface area (Å²) in [6, 6.07) is 18.7. The van der Waals surface area contributed by atoms with Crippen molar-refractivity contribution >= 4 is 38.6 Å². The van der Waals surface area contributed by atoms with E-state index in [1.54, 1.807) is 11.8 Å². The topological polar surface area (TPSA) is 38.9 Å². The van der Waals surface area contributed by atoms with E-state index in [0.29, 0.717) is 6.54 Å². The first-order valence-electron chi connectivity index (χ1n) is 6.78. The van der Waals surface area contributed by atoms with Gasteiger partial charge in [0.1, 0.15) is 5.03 Å². The number of fused-ring (bicyclic) bond motifs is 1. The third kappa shape index (κ3) is 3.46. The highest BCUT2D eigenvalue weighted by Crippen LogP contribution is 2.31. The van der Waals surface area contributed by atoms with Crippen LogP contribution in [-0.2, 0) is 6.42 Å². The lowest BCUT2D eigenvalue weighted by atomic mass is 10.1. The average Bonchev–Trinajstić information content (AvgIpc) is 2.50. The largest absolute Gasteiger partial charge is 0.330 e. The number of hydrogen-bond donors (Lipinski definition) is 1. The summed E-state index contributed by atoms with van der Waals surface area (Å²) in [4.78, 5) is 5.99. The molecule has 0 atom stereocenters. The van der Waals surface area contributed by atoms with Gasteiger partial charge in [-0.3, -0.25) is 0 Å². The van der Waals surface area contributed by atoms with E-state index in [0.717, 1.165) is 21.4 Å². The van der Waals surface area contributed by atoms with Gasteiger partial charge in [0.05, 0.1) is 5.52 Å². The van der Waals surface area contributed by atoms with Crippen molar-refractivity contribution in [2.45, 2.75) is 16.3 Å². The lowest BCUT2D eigenvalue weighted by molar-refractivity contribution is 0.922. The molecule has 0 amide bonds. The zero-order chi connectivity index (χ0) is 14.7. The van der Waals surface area contributed by atoms with Gasteiger partial charge in [0.2, 0.25) is 0 Å². The van der Waals surface area contributed by atoms with E-state index < -0.39 is 0 Å². The van der Waals surface area contributed by atoms with Gasteiger partial charge in [0.15, 0.2) is 0 Å². The van der Waals surface area contributed by atoms with Crippen molar-refractivity contribution in [1.82, 2.24) is 4.98 Å². The van der Waals surface area contributed by atoms with Crippen molar-refractivity contribution < 1.29 is 0 Å². The minimum Gasteiger partial charge on any atom is -0.330 e. The van der Waals surface area contributed by atoms with Crippen LogP contribution in [0, 0.1) is 0 Å². The Kier molecular flexibility index (Phi) is 4.58. The lowest BCUT2D eigenvalue weighted by Gasteiger charge is -2.10. The van der Waals surface area contributed by atoms with Crippen LogP contribution < -0.4 is 5.73 Å². The number of halogens is 1. The number of hydrogen-bond acceptors (Lipinski definition) is 3. The highest BCUT2D eigenvalue weighted by molar-refractivity contribution is 9.10. The monoisotopic (exact) mass is 358 g/mol. The van der Waals surface area contributed by atoms with Crippen LogP contribution in [0.2, 0.25) is 0 Å². The van der Waals surface area contributed by atoms with E-state index in [2.05, 4.69) is 40.2 Å². The Hall–Kier alpha value is -1.36. The molecule has 1 heterocycles. The number of pyridine rings is 1. The minimum atomic E-state index is 0.633. The van der Waals surface area contributed by atoms with Gasteiger partial charge in [-0.05, 0) is 54.9 Å². The van der Waals surface area contributed by atoms with Crippen LogP contribution >= 0.6 is 27.7 Å². The number of rotatable bonds is 4. The normalized spacial score (nSPS) is 11.0. The van der Waals surface area contributed by atoms with Gasteiger partial charge in [-0.15, -0.1) is 0 Å². The fourth-order valence-electron chi connectivity index (χ4n) is 2.18. The summed E-state index contributed by atoms with van der Waals surface area (Å²) < 4.78 is 1.08. The molecule has 3 aromatic rings. The van der Waals surface area contributed by atoms with Crippen LogP contribution in [0.25, 0.3) is 10.9 Å². The molecule has 2 N–H and O–H groups in total. The van der Waals surface area contributed by atoms with Gasteiger partial charge in [0.25, 0.3) is 0 Å². The standard InChI is InChI=1S/C17H15BrN2S/c18-14-5-7-15(8-6-14)21-17-13(9-10-19)11-12-3-1-2-4-16(12)20-17/h1-8,11H,9-10,19H2. The van der Waals surface area contributed by atoms with Gasteiger partial charge < -0.3 is 5.73 Å². The first-order chi connectivity index (χ1) is 10.3. The highest BCUT2D eigenvalue weighted by atomic mass is 79.9. The molecule has 0 radical (unpaired) electrons. The van der Waals surface area contributed by atoms with E-state index in [9.17, 15) is 0 Å². The number of benzene rings is 2. The van der Waals surface area contributed by atoms with Crippen LogP contribution in [0.5, 0.6) is 0 Å². The fourth-order valence-corrected chi connectivity index (χ4v) is 3.38. The lowest BCUT2D eigenvalue weighted by Crippen LogP contribution is -2.04. The first-order valence-corrected chi connectivity index (χ1v) is 8.39. The molecule has 106 valence electrons. The maximum Gasteiger partial charge on any atom is 0.105 e. The summed E-state index contributed by atoms with van der Waals surface area (Å²) in [5, 5.41) is 2.21. The summed E-state index contributed by atoms with van der Waals surface area (Å²) in [6.45, 7) is 0.633. The van der Waals surface area contributed by atoms with E-state index >= 15 is 0 Å². The highest BCUT2D eigenvalue weighted by Gasteiger charge is 2.08. The maximum atomic E-state index is 5.74. The van der Waals surface area contributed by atoms with E-state index in [1.165, 1.54) is 15.8 Å². The molecule has 0 saturated heterocycles. The summed E-state index contributed by atoms with van der Waals surface area (Å²) in [7, 11) is 0. The molecule has 0 aliphatic heterocycles. The van der Waals surface area contributed by atoms with Gasteiger partial charge in [0, 0.05) is 14.8 Å². The Morgan fingerprint density at radius 3 is 2.57 bits per heavy atom. The molecule has 0 fully saturated rings. The SMILES string of the molecule is NCCc1cc2ccccc2nc1Sc1ccc(Br)cc1. The average molecular weight is 359 g/mol. The number of para-hydroxylation sites is 1. The quantitative estimate of drug-likeness (QED) is 0.737. The third-order valence-corrected chi connectivity index (χ3v) is 4.79. The predicted octanol–water partition coefficient (Wildman–Crippen LogP) is 4.65.